The fourth-order valence-corrected chi connectivity index (χ4v) is 7.63. The monoisotopic (exact) mass is 600 g/mol. The van der Waals surface area contributed by atoms with E-state index in [-0.39, 0.29) is 29.3 Å². The summed E-state index contributed by atoms with van der Waals surface area (Å²) in [6.45, 7) is 0.838. The van der Waals surface area contributed by atoms with Crippen LogP contribution in [0.15, 0.2) is 83.8 Å². The molecule has 2 aliphatic rings. The molecule has 10 nitrogen and oxygen atoms in total. The van der Waals surface area contributed by atoms with E-state index in [1.807, 2.05) is 54.6 Å². The number of carbonyl (C=O) groups excluding carboxylic acids is 2. The zero-order valence-corrected chi connectivity index (χ0v) is 24.8. The molecule has 224 valence electrons. The van der Waals surface area contributed by atoms with Crippen LogP contribution in [-0.2, 0) is 26.2 Å². The van der Waals surface area contributed by atoms with E-state index in [1.54, 1.807) is 12.1 Å². The van der Waals surface area contributed by atoms with Gasteiger partial charge in [-0.2, -0.15) is 4.31 Å². The second-order valence-corrected chi connectivity index (χ2v) is 13.2. The molecule has 1 atom stereocenters. The van der Waals surface area contributed by atoms with E-state index in [2.05, 4.69) is 15.6 Å². The van der Waals surface area contributed by atoms with Crippen LogP contribution in [-0.4, -0.2) is 58.7 Å². The van der Waals surface area contributed by atoms with Crippen molar-refractivity contribution in [2.24, 2.45) is 0 Å². The molecule has 0 radical (unpaired) electrons. The number of rotatable bonds is 9. The SMILES string of the molecule is O=C(NC1CCCCC1)[C@@H](c1ccccc1)N(C(=O)Cn1nnc2ccccc21)c1ccc(S(=O)(=O)N2CCCC2)cc1. The summed E-state index contributed by atoms with van der Waals surface area (Å²) in [4.78, 5) is 30.0. The van der Waals surface area contributed by atoms with Crippen LogP contribution >= 0.6 is 0 Å². The lowest BCUT2D eigenvalue weighted by Crippen LogP contribution is -2.48. The predicted molar refractivity (Wildman–Crippen MR) is 164 cm³/mol. The number of nitrogens with zero attached hydrogens (tertiary/aromatic N) is 5. The molecule has 1 aromatic heterocycles. The van der Waals surface area contributed by atoms with Crippen molar-refractivity contribution in [2.45, 2.75) is 68.5 Å². The molecule has 0 spiro atoms. The van der Waals surface area contributed by atoms with E-state index in [1.165, 1.54) is 26.0 Å². The van der Waals surface area contributed by atoms with E-state index in [0.717, 1.165) is 44.9 Å². The Morgan fingerprint density at radius 1 is 0.860 bits per heavy atom. The number of hydrogen-bond acceptors (Lipinski definition) is 6. The Kier molecular flexibility index (Phi) is 8.53. The van der Waals surface area contributed by atoms with Crippen molar-refractivity contribution in [1.82, 2.24) is 24.6 Å². The number of nitrogens with one attached hydrogen (secondary N) is 1. The first kappa shape index (κ1) is 29.0. The molecule has 43 heavy (non-hydrogen) atoms. The average Bonchev–Trinajstić information content (AvgIpc) is 3.72. The zero-order chi connectivity index (χ0) is 29.8. The standard InChI is InChI=1S/C32H36N6O4S/c39-30(23-37-29-16-8-7-15-28(29)34-35-37)38(26-17-19-27(20-18-26)43(41,42)36-21-9-10-22-36)31(24-11-3-1-4-12-24)32(40)33-25-13-5-2-6-14-25/h1,3-4,7-8,11-12,15-20,25,31H,2,5-6,9-10,13-14,21-23H2,(H,33,40)/t31-/m1/s1. The quantitative estimate of drug-likeness (QED) is 0.304. The number of sulfonamides is 1. The summed E-state index contributed by atoms with van der Waals surface area (Å²) >= 11 is 0. The average molecular weight is 601 g/mol. The van der Waals surface area contributed by atoms with Crippen molar-refractivity contribution in [3.63, 3.8) is 0 Å². The van der Waals surface area contributed by atoms with E-state index in [9.17, 15) is 18.0 Å². The van der Waals surface area contributed by atoms with Gasteiger partial charge in [-0.15, -0.1) is 5.10 Å². The second-order valence-electron chi connectivity index (χ2n) is 11.3. The molecule has 0 bridgehead atoms. The first-order valence-electron chi connectivity index (χ1n) is 15.0. The van der Waals surface area contributed by atoms with E-state index in [0.29, 0.717) is 35.4 Å². The van der Waals surface area contributed by atoms with Gasteiger partial charge in [0.2, 0.25) is 21.8 Å². The largest absolute Gasteiger partial charge is 0.351 e. The molecule has 1 aliphatic carbocycles. The van der Waals surface area contributed by atoms with Gasteiger partial charge >= 0.3 is 0 Å². The van der Waals surface area contributed by atoms with Crippen LogP contribution in [0.5, 0.6) is 0 Å². The van der Waals surface area contributed by atoms with Crippen molar-refractivity contribution < 1.29 is 18.0 Å². The first-order chi connectivity index (χ1) is 20.9. The summed E-state index contributed by atoms with van der Waals surface area (Å²) in [7, 11) is -3.65. The third-order valence-corrected chi connectivity index (χ3v) is 10.3. The van der Waals surface area contributed by atoms with Crippen molar-refractivity contribution >= 4 is 38.6 Å². The summed E-state index contributed by atoms with van der Waals surface area (Å²) in [5.74, 6) is -0.651. The fraction of sp³-hybridized carbons (Fsp3) is 0.375. The maximum atomic E-state index is 14.3. The molecule has 1 saturated heterocycles. The van der Waals surface area contributed by atoms with Crippen LogP contribution in [0.2, 0.25) is 0 Å². The van der Waals surface area contributed by atoms with Crippen molar-refractivity contribution in [3.8, 4) is 0 Å². The zero-order valence-electron chi connectivity index (χ0n) is 24.0. The highest BCUT2D eigenvalue weighted by molar-refractivity contribution is 7.89. The number of hydrogen-bond donors (Lipinski definition) is 1. The van der Waals surface area contributed by atoms with Crippen LogP contribution in [0.25, 0.3) is 11.0 Å². The number of fused-ring (bicyclic) bond motifs is 1. The van der Waals surface area contributed by atoms with E-state index >= 15 is 0 Å². The van der Waals surface area contributed by atoms with Gasteiger partial charge in [-0.05, 0) is 67.6 Å². The molecule has 3 aromatic carbocycles. The van der Waals surface area contributed by atoms with Crippen LogP contribution < -0.4 is 10.2 Å². The molecule has 1 aliphatic heterocycles. The highest BCUT2D eigenvalue weighted by atomic mass is 32.2. The minimum absolute atomic E-state index is 0.0386. The van der Waals surface area contributed by atoms with Crippen LogP contribution in [0.1, 0.15) is 56.6 Å². The van der Waals surface area contributed by atoms with Crippen molar-refractivity contribution in [1.29, 1.82) is 0 Å². The minimum Gasteiger partial charge on any atom is -0.351 e. The Labute approximate surface area is 251 Å². The molecule has 6 rings (SSSR count). The number of carbonyl (C=O) groups is 2. The summed E-state index contributed by atoms with van der Waals surface area (Å²) in [5.41, 5.74) is 2.43. The fourth-order valence-electron chi connectivity index (χ4n) is 6.11. The molecule has 2 fully saturated rings. The third-order valence-electron chi connectivity index (χ3n) is 8.37. The highest BCUT2D eigenvalue weighted by Gasteiger charge is 2.35. The van der Waals surface area contributed by atoms with Gasteiger partial charge in [-0.3, -0.25) is 14.5 Å². The van der Waals surface area contributed by atoms with Gasteiger partial charge in [0, 0.05) is 24.8 Å². The summed E-state index contributed by atoms with van der Waals surface area (Å²) in [5, 5.41) is 11.6. The summed E-state index contributed by atoms with van der Waals surface area (Å²) in [6, 6.07) is 21.9. The summed E-state index contributed by atoms with van der Waals surface area (Å²) in [6.07, 6.45) is 6.73. The molecule has 0 unspecified atom stereocenters. The molecule has 2 heterocycles. The smallest absolute Gasteiger partial charge is 0.249 e. The van der Waals surface area contributed by atoms with Gasteiger partial charge < -0.3 is 5.32 Å². The maximum Gasteiger partial charge on any atom is 0.249 e. The number of anilines is 1. The Bertz CT molecular complexity index is 1680. The van der Waals surface area contributed by atoms with E-state index < -0.39 is 16.1 Å². The lowest BCUT2D eigenvalue weighted by molar-refractivity contribution is -0.127. The van der Waals surface area contributed by atoms with Crippen molar-refractivity contribution in [2.75, 3.05) is 18.0 Å². The topological polar surface area (TPSA) is 117 Å². The normalized spacial score (nSPS) is 17.1. The number of para-hydroxylation sites is 1. The van der Waals surface area contributed by atoms with Crippen LogP contribution in [0.3, 0.4) is 0 Å². The number of amides is 2. The van der Waals surface area contributed by atoms with Gasteiger partial charge in [0.05, 0.1) is 10.4 Å². The molecule has 1 saturated carbocycles. The Hall–Kier alpha value is -4.09. The Morgan fingerprint density at radius 3 is 2.26 bits per heavy atom. The third kappa shape index (κ3) is 6.18. The molecule has 2 amide bonds. The van der Waals surface area contributed by atoms with Gasteiger partial charge in [0.1, 0.15) is 18.1 Å². The van der Waals surface area contributed by atoms with Gasteiger partial charge in [-0.1, -0.05) is 66.9 Å². The van der Waals surface area contributed by atoms with Gasteiger partial charge in [0.25, 0.3) is 0 Å². The lowest BCUT2D eigenvalue weighted by Gasteiger charge is -2.33. The van der Waals surface area contributed by atoms with Gasteiger partial charge in [0.15, 0.2) is 0 Å². The number of benzene rings is 3. The number of aromatic nitrogens is 3. The van der Waals surface area contributed by atoms with E-state index in [4.69, 9.17) is 0 Å². The second kappa shape index (κ2) is 12.6. The lowest BCUT2D eigenvalue weighted by atomic mass is 9.94. The Balaban J connectivity index is 1.39. The maximum absolute atomic E-state index is 14.3. The molecule has 11 heteroatoms. The first-order valence-corrected chi connectivity index (χ1v) is 16.4. The van der Waals surface area contributed by atoms with Gasteiger partial charge in [-0.25, -0.2) is 13.1 Å². The molecule has 4 aromatic rings. The predicted octanol–water partition coefficient (Wildman–Crippen LogP) is 4.44. The van der Waals surface area contributed by atoms with Crippen LogP contribution in [0, 0.1) is 0 Å². The molecule has 1 N–H and O–H groups in total. The van der Waals surface area contributed by atoms with Crippen LogP contribution in [0.4, 0.5) is 5.69 Å². The summed E-state index contributed by atoms with van der Waals surface area (Å²) < 4.78 is 29.5. The molecular weight excluding hydrogens is 564 g/mol. The highest BCUT2D eigenvalue weighted by Crippen LogP contribution is 2.31. The Morgan fingerprint density at radius 2 is 1.53 bits per heavy atom. The minimum atomic E-state index is -3.65. The van der Waals surface area contributed by atoms with Crippen molar-refractivity contribution in [3.05, 3.63) is 84.4 Å². The molecular formula is C32H36N6O4S.